The van der Waals surface area contributed by atoms with E-state index in [-0.39, 0.29) is 5.78 Å². The number of aryl methyl sites for hydroxylation is 3. The Kier molecular flexibility index (Phi) is 3.34. The molecule has 0 aliphatic rings. The van der Waals surface area contributed by atoms with Gasteiger partial charge in [-0.3, -0.25) is 4.79 Å². The fourth-order valence-electron chi connectivity index (χ4n) is 3.10. The van der Waals surface area contributed by atoms with Gasteiger partial charge in [0.2, 0.25) is 0 Å². The molecule has 0 amide bonds. The van der Waals surface area contributed by atoms with Crippen LogP contribution < -0.4 is 0 Å². The van der Waals surface area contributed by atoms with Gasteiger partial charge in [-0.15, -0.1) is 0 Å². The van der Waals surface area contributed by atoms with Crippen molar-refractivity contribution in [2.45, 2.75) is 20.8 Å². The average Bonchev–Trinajstić information content (AvgIpc) is 2.45. The fraction of sp³-hybridized carbons (Fsp3) is 0.150. The summed E-state index contributed by atoms with van der Waals surface area (Å²) in [5.74, 6) is 0.113. The first-order valence-electron chi connectivity index (χ1n) is 7.18. The molecule has 0 aliphatic carbocycles. The Morgan fingerprint density at radius 1 is 0.810 bits per heavy atom. The normalized spacial score (nSPS) is 10.8. The first kappa shape index (κ1) is 13.6. The molecule has 3 rings (SSSR count). The number of carbonyl (C=O) groups is 1. The molecule has 0 heterocycles. The highest BCUT2D eigenvalue weighted by atomic mass is 16.1. The van der Waals surface area contributed by atoms with Crippen molar-refractivity contribution in [1.82, 2.24) is 0 Å². The summed E-state index contributed by atoms with van der Waals surface area (Å²) in [5, 5.41) is 2.12. The molecule has 3 aromatic rings. The molecule has 1 heteroatoms. The predicted molar refractivity (Wildman–Crippen MR) is 88.0 cm³/mol. The van der Waals surface area contributed by atoms with Crippen LogP contribution in [0.5, 0.6) is 0 Å². The molecule has 0 spiro atoms. The van der Waals surface area contributed by atoms with Crippen molar-refractivity contribution in [3.63, 3.8) is 0 Å². The lowest BCUT2D eigenvalue weighted by molar-refractivity contribution is 0.103. The maximum Gasteiger partial charge on any atom is 0.194 e. The van der Waals surface area contributed by atoms with Crippen molar-refractivity contribution in [3.8, 4) is 0 Å². The van der Waals surface area contributed by atoms with Crippen LogP contribution in [0.25, 0.3) is 10.8 Å². The van der Waals surface area contributed by atoms with Crippen molar-refractivity contribution in [2.24, 2.45) is 0 Å². The van der Waals surface area contributed by atoms with Crippen molar-refractivity contribution in [2.75, 3.05) is 0 Å². The van der Waals surface area contributed by atoms with Gasteiger partial charge in [-0.2, -0.15) is 0 Å². The van der Waals surface area contributed by atoms with Gasteiger partial charge in [0.05, 0.1) is 0 Å². The zero-order valence-corrected chi connectivity index (χ0v) is 12.6. The molecule has 0 unspecified atom stereocenters. The Morgan fingerprint density at radius 2 is 1.43 bits per heavy atom. The summed E-state index contributed by atoms with van der Waals surface area (Å²) in [6.07, 6.45) is 0. The maximum absolute atomic E-state index is 13.0. The van der Waals surface area contributed by atoms with E-state index in [0.717, 1.165) is 33.0 Å². The molecular formula is C20H18O. The SMILES string of the molecule is Cc1cc(C)c(C(=O)c2cccc3ccccc23)c(C)c1. The van der Waals surface area contributed by atoms with Gasteiger partial charge in [0, 0.05) is 11.1 Å². The first-order chi connectivity index (χ1) is 10.1. The Balaban J connectivity index is 2.22. The Labute approximate surface area is 125 Å². The number of benzene rings is 3. The van der Waals surface area contributed by atoms with E-state index in [1.54, 1.807) is 0 Å². The van der Waals surface area contributed by atoms with Crippen LogP contribution >= 0.6 is 0 Å². The zero-order chi connectivity index (χ0) is 15.0. The van der Waals surface area contributed by atoms with Crippen LogP contribution in [0.15, 0.2) is 54.6 Å². The van der Waals surface area contributed by atoms with Crippen LogP contribution in [-0.4, -0.2) is 5.78 Å². The third-order valence-corrected chi connectivity index (χ3v) is 3.94. The second kappa shape index (κ2) is 5.17. The van der Waals surface area contributed by atoms with E-state index in [4.69, 9.17) is 0 Å². The number of hydrogen-bond donors (Lipinski definition) is 0. The highest BCUT2D eigenvalue weighted by molar-refractivity contribution is 6.17. The van der Waals surface area contributed by atoms with Gasteiger partial charge < -0.3 is 0 Å². The van der Waals surface area contributed by atoms with Crippen LogP contribution in [-0.2, 0) is 0 Å². The number of rotatable bonds is 2. The van der Waals surface area contributed by atoms with E-state index < -0.39 is 0 Å². The Hall–Kier alpha value is -2.41. The number of fused-ring (bicyclic) bond motifs is 1. The monoisotopic (exact) mass is 274 g/mol. The molecule has 0 radical (unpaired) electrons. The molecule has 104 valence electrons. The number of ketones is 1. The summed E-state index contributed by atoms with van der Waals surface area (Å²) >= 11 is 0. The van der Waals surface area contributed by atoms with Gasteiger partial charge in [0.1, 0.15) is 0 Å². The predicted octanol–water partition coefficient (Wildman–Crippen LogP) is 5.00. The molecular weight excluding hydrogens is 256 g/mol. The second-order valence-corrected chi connectivity index (χ2v) is 5.63. The molecule has 0 aliphatic heterocycles. The summed E-state index contributed by atoms with van der Waals surface area (Å²) in [4.78, 5) is 13.0. The van der Waals surface area contributed by atoms with E-state index in [1.807, 2.05) is 56.3 Å². The second-order valence-electron chi connectivity index (χ2n) is 5.63. The van der Waals surface area contributed by atoms with Crippen LogP contribution in [0.4, 0.5) is 0 Å². The molecule has 3 aromatic carbocycles. The quantitative estimate of drug-likeness (QED) is 0.601. The standard InChI is InChI=1S/C20H18O/c1-13-11-14(2)19(15(3)12-13)20(21)18-10-6-8-16-7-4-5-9-17(16)18/h4-12H,1-3H3. The fourth-order valence-corrected chi connectivity index (χ4v) is 3.10. The molecule has 0 N–H and O–H groups in total. The van der Waals surface area contributed by atoms with Crippen LogP contribution in [0, 0.1) is 20.8 Å². The van der Waals surface area contributed by atoms with Crippen LogP contribution in [0.3, 0.4) is 0 Å². The van der Waals surface area contributed by atoms with Crippen molar-refractivity contribution in [3.05, 3.63) is 82.4 Å². The lowest BCUT2D eigenvalue weighted by atomic mass is 9.91. The van der Waals surface area contributed by atoms with E-state index in [1.165, 1.54) is 5.56 Å². The lowest BCUT2D eigenvalue weighted by Gasteiger charge is -2.12. The van der Waals surface area contributed by atoms with Crippen molar-refractivity contribution >= 4 is 16.6 Å². The summed E-state index contributed by atoms with van der Waals surface area (Å²) < 4.78 is 0. The Bertz CT molecular complexity index is 815. The third-order valence-electron chi connectivity index (χ3n) is 3.94. The third kappa shape index (κ3) is 2.36. The topological polar surface area (TPSA) is 17.1 Å². The molecule has 21 heavy (non-hydrogen) atoms. The molecule has 0 saturated heterocycles. The number of hydrogen-bond acceptors (Lipinski definition) is 1. The highest BCUT2D eigenvalue weighted by Gasteiger charge is 2.16. The minimum absolute atomic E-state index is 0.113. The summed E-state index contributed by atoms with van der Waals surface area (Å²) in [7, 11) is 0. The van der Waals surface area contributed by atoms with E-state index in [0.29, 0.717) is 0 Å². The minimum Gasteiger partial charge on any atom is -0.289 e. The highest BCUT2D eigenvalue weighted by Crippen LogP contribution is 2.25. The van der Waals surface area contributed by atoms with Crippen molar-refractivity contribution in [1.29, 1.82) is 0 Å². The Morgan fingerprint density at radius 3 is 2.14 bits per heavy atom. The molecule has 0 aromatic heterocycles. The summed E-state index contributed by atoms with van der Waals surface area (Å²) in [6.45, 7) is 6.09. The van der Waals surface area contributed by atoms with Gasteiger partial charge >= 0.3 is 0 Å². The first-order valence-corrected chi connectivity index (χ1v) is 7.18. The minimum atomic E-state index is 0.113. The van der Waals surface area contributed by atoms with E-state index in [2.05, 4.69) is 19.1 Å². The molecule has 0 saturated carbocycles. The number of carbonyl (C=O) groups excluding carboxylic acids is 1. The molecule has 0 bridgehead atoms. The largest absolute Gasteiger partial charge is 0.289 e. The summed E-state index contributed by atoms with van der Waals surface area (Å²) in [6, 6.07) is 18.1. The van der Waals surface area contributed by atoms with Gasteiger partial charge in [0.15, 0.2) is 5.78 Å². The average molecular weight is 274 g/mol. The van der Waals surface area contributed by atoms with E-state index in [9.17, 15) is 4.79 Å². The van der Waals surface area contributed by atoms with Crippen LogP contribution in [0.2, 0.25) is 0 Å². The van der Waals surface area contributed by atoms with Crippen molar-refractivity contribution < 1.29 is 4.79 Å². The summed E-state index contributed by atoms with van der Waals surface area (Å²) in [5.41, 5.74) is 4.90. The van der Waals surface area contributed by atoms with Gasteiger partial charge in [-0.25, -0.2) is 0 Å². The molecule has 0 fully saturated rings. The molecule has 0 atom stereocenters. The van der Waals surface area contributed by atoms with Gasteiger partial charge in [-0.05, 0) is 42.7 Å². The van der Waals surface area contributed by atoms with E-state index >= 15 is 0 Å². The van der Waals surface area contributed by atoms with Gasteiger partial charge in [0.25, 0.3) is 0 Å². The maximum atomic E-state index is 13.0. The zero-order valence-electron chi connectivity index (χ0n) is 12.6. The smallest absolute Gasteiger partial charge is 0.194 e. The lowest BCUT2D eigenvalue weighted by Crippen LogP contribution is -2.07. The van der Waals surface area contributed by atoms with Gasteiger partial charge in [-0.1, -0.05) is 60.2 Å². The molecule has 1 nitrogen and oxygen atoms in total. The van der Waals surface area contributed by atoms with Crippen LogP contribution in [0.1, 0.15) is 32.6 Å².